The lowest BCUT2D eigenvalue weighted by atomic mass is 10.1. The first kappa shape index (κ1) is 12.0. The molecule has 1 aromatic carbocycles. The lowest BCUT2D eigenvalue weighted by molar-refractivity contribution is -0.120. The van der Waals surface area contributed by atoms with E-state index in [1.807, 2.05) is 0 Å². The number of carbonyl (C=O) groups is 2. The van der Waals surface area contributed by atoms with Gasteiger partial charge in [-0.3, -0.25) is 9.59 Å². The molecule has 2 amide bonds. The van der Waals surface area contributed by atoms with E-state index in [-0.39, 0.29) is 31.0 Å². The first-order valence-corrected chi connectivity index (χ1v) is 4.91. The van der Waals surface area contributed by atoms with E-state index in [0.717, 1.165) is 5.56 Å². The zero-order valence-electron chi connectivity index (χ0n) is 8.77. The molecular formula is C11H14N2O3. The second-order valence-electron chi connectivity index (χ2n) is 3.41. The summed E-state index contributed by atoms with van der Waals surface area (Å²) >= 11 is 0. The van der Waals surface area contributed by atoms with Crippen molar-refractivity contribution in [3.8, 4) is 5.75 Å². The van der Waals surface area contributed by atoms with Crippen molar-refractivity contribution in [1.29, 1.82) is 0 Å². The maximum absolute atomic E-state index is 11.4. The summed E-state index contributed by atoms with van der Waals surface area (Å²) in [5, 5.41) is 11.7. The zero-order valence-corrected chi connectivity index (χ0v) is 8.77. The summed E-state index contributed by atoms with van der Waals surface area (Å²) in [6.07, 6.45) is 0.305. The quantitative estimate of drug-likeness (QED) is 0.651. The number of aromatic hydroxyl groups is 1. The van der Waals surface area contributed by atoms with Crippen molar-refractivity contribution in [3.05, 3.63) is 29.8 Å². The van der Waals surface area contributed by atoms with E-state index in [0.29, 0.717) is 0 Å². The molecule has 1 aromatic rings. The summed E-state index contributed by atoms with van der Waals surface area (Å²) in [5.74, 6) is -0.521. The number of nitrogens with two attached hydrogens (primary N) is 1. The van der Waals surface area contributed by atoms with Crippen LogP contribution in [0.5, 0.6) is 5.75 Å². The van der Waals surface area contributed by atoms with Crippen molar-refractivity contribution in [2.45, 2.75) is 12.8 Å². The average molecular weight is 222 g/mol. The summed E-state index contributed by atoms with van der Waals surface area (Å²) in [5.41, 5.74) is 5.65. The summed E-state index contributed by atoms with van der Waals surface area (Å²) in [6.45, 7) is 0.243. The van der Waals surface area contributed by atoms with Crippen LogP contribution in [0, 0.1) is 0 Å². The van der Waals surface area contributed by atoms with Crippen LogP contribution in [0.4, 0.5) is 0 Å². The Bertz CT molecular complexity index is 391. The van der Waals surface area contributed by atoms with E-state index in [2.05, 4.69) is 5.32 Å². The number of hydrogen-bond acceptors (Lipinski definition) is 3. The van der Waals surface area contributed by atoms with E-state index < -0.39 is 5.91 Å². The molecule has 1 rings (SSSR count). The molecule has 5 heteroatoms. The molecule has 0 aliphatic heterocycles. The van der Waals surface area contributed by atoms with Crippen LogP contribution in [0.2, 0.25) is 0 Å². The van der Waals surface area contributed by atoms with Gasteiger partial charge in [0.15, 0.2) is 0 Å². The summed E-state index contributed by atoms with van der Waals surface area (Å²) in [7, 11) is 0. The molecule has 16 heavy (non-hydrogen) atoms. The molecule has 86 valence electrons. The summed E-state index contributed by atoms with van der Waals surface area (Å²) in [6, 6.07) is 6.47. The van der Waals surface area contributed by atoms with Gasteiger partial charge in [0.05, 0.1) is 6.42 Å². The molecule has 0 saturated carbocycles. The number of hydrogen-bond donors (Lipinski definition) is 3. The first-order chi connectivity index (χ1) is 7.58. The van der Waals surface area contributed by atoms with Crippen molar-refractivity contribution in [2.75, 3.05) is 6.54 Å². The number of benzene rings is 1. The minimum Gasteiger partial charge on any atom is -0.508 e. The van der Waals surface area contributed by atoms with E-state index in [4.69, 9.17) is 5.73 Å². The van der Waals surface area contributed by atoms with Gasteiger partial charge in [-0.15, -0.1) is 0 Å². The van der Waals surface area contributed by atoms with Crippen LogP contribution >= 0.6 is 0 Å². The van der Waals surface area contributed by atoms with Crippen LogP contribution in [0.25, 0.3) is 0 Å². The van der Waals surface area contributed by atoms with E-state index >= 15 is 0 Å². The molecule has 0 aromatic heterocycles. The predicted octanol–water partition coefficient (Wildman–Crippen LogP) is -0.0737. The van der Waals surface area contributed by atoms with Crippen molar-refractivity contribution < 1.29 is 14.7 Å². The molecule has 0 atom stereocenters. The van der Waals surface area contributed by atoms with Gasteiger partial charge in [-0.2, -0.15) is 0 Å². The number of carbonyl (C=O) groups excluding carboxylic acids is 2. The Kier molecular flexibility index (Phi) is 4.32. The van der Waals surface area contributed by atoms with Crippen LogP contribution in [-0.4, -0.2) is 23.5 Å². The maximum Gasteiger partial charge on any atom is 0.224 e. The lowest BCUT2D eigenvalue weighted by Crippen LogP contribution is -2.29. The highest BCUT2D eigenvalue weighted by molar-refractivity contribution is 5.79. The molecule has 5 nitrogen and oxygen atoms in total. The number of nitrogens with one attached hydrogen (secondary N) is 1. The highest BCUT2D eigenvalue weighted by Gasteiger charge is 2.04. The number of amides is 2. The molecule has 0 unspecified atom stereocenters. The zero-order chi connectivity index (χ0) is 12.0. The van der Waals surface area contributed by atoms with Gasteiger partial charge in [0.1, 0.15) is 5.75 Å². The van der Waals surface area contributed by atoms with Gasteiger partial charge < -0.3 is 16.2 Å². The summed E-state index contributed by atoms with van der Waals surface area (Å²) < 4.78 is 0. The van der Waals surface area contributed by atoms with Gasteiger partial charge in [0.25, 0.3) is 0 Å². The van der Waals surface area contributed by atoms with Gasteiger partial charge >= 0.3 is 0 Å². The second-order valence-corrected chi connectivity index (χ2v) is 3.41. The third-order valence-electron chi connectivity index (χ3n) is 1.97. The monoisotopic (exact) mass is 222 g/mol. The third kappa shape index (κ3) is 4.45. The molecule has 0 heterocycles. The Hall–Kier alpha value is -2.04. The molecule has 0 radical (unpaired) electrons. The maximum atomic E-state index is 11.4. The summed E-state index contributed by atoms with van der Waals surface area (Å²) in [4.78, 5) is 21.8. The molecule has 0 aliphatic carbocycles. The van der Waals surface area contributed by atoms with Gasteiger partial charge in [-0.25, -0.2) is 0 Å². The van der Waals surface area contributed by atoms with Gasteiger partial charge in [-0.05, 0) is 17.7 Å². The Morgan fingerprint density at radius 1 is 1.38 bits per heavy atom. The topological polar surface area (TPSA) is 92.4 Å². The fourth-order valence-corrected chi connectivity index (χ4v) is 1.24. The number of phenols is 1. The van der Waals surface area contributed by atoms with Crippen LogP contribution in [-0.2, 0) is 16.0 Å². The Labute approximate surface area is 93.3 Å². The Morgan fingerprint density at radius 2 is 2.12 bits per heavy atom. The van der Waals surface area contributed by atoms with Crippen molar-refractivity contribution in [2.24, 2.45) is 5.73 Å². The highest BCUT2D eigenvalue weighted by Crippen LogP contribution is 2.10. The van der Waals surface area contributed by atoms with Crippen molar-refractivity contribution in [3.63, 3.8) is 0 Å². The van der Waals surface area contributed by atoms with Crippen molar-refractivity contribution >= 4 is 11.8 Å². The first-order valence-electron chi connectivity index (χ1n) is 4.91. The Balaban J connectivity index is 2.37. The minimum atomic E-state index is -0.447. The van der Waals surface area contributed by atoms with Gasteiger partial charge in [0, 0.05) is 13.0 Å². The van der Waals surface area contributed by atoms with Crippen molar-refractivity contribution in [1.82, 2.24) is 5.32 Å². The molecular weight excluding hydrogens is 208 g/mol. The highest BCUT2D eigenvalue weighted by atomic mass is 16.3. The predicted molar refractivity (Wildman–Crippen MR) is 58.6 cm³/mol. The van der Waals surface area contributed by atoms with Crippen LogP contribution < -0.4 is 11.1 Å². The molecule has 0 spiro atoms. The molecule has 0 saturated heterocycles. The van der Waals surface area contributed by atoms with Crippen LogP contribution in [0.1, 0.15) is 12.0 Å². The molecule has 0 bridgehead atoms. The fourth-order valence-electron chi connectivity index (χ4n) is 1.24. The van der Waals surface area contributed by atoms with Crippen LogP contribution in [0.15, 0.2) is 24.3 Å². The average Bonchev–Trinajstić information content (AvgIpc) is 2.16. The standard InChI is InChI=1S/C11H14N2O3/c12-10(15)4-5-13-11(16)7-8-2-1-3-9(14)6-8/h1-3,6,14H,4-5,7H2,(H2,12,15)(H,13,16). The second kappa shape index (κ2) is 5.75. The lowest BCUT2D eigenvalue weighted by Gasteiger charge is -2.04. The van der Waals surface area contributed by atoms with Gasteiger partial charge in [-0.1, -0.05) is 12.1 Å². The fraction of sp³-hybridized carbons (Fsp3) is 0.273. The van der Waals surface area contributed by atoms with E-state index in [1.54, 1.807) is 12.1 Å². The van der Waals surface area contributed by atoms with Gasteiger partial charge in [0.2, 0.25) is 11.8 Å². The number of primary amides is 1. The number of rotatable bonds is 5. The largest absolute Gasteiger partial charge is 0.508 e. The normalized spacial score (nSPS) is 9.75. The smallest absolute Gasteiger partial charge is 0.224 e. The molecule has 0 aliphatic rings. The Morgan fingerprint density at radius 3 is 2.75 bits per heavy atom. The number of phenolic OH excluding ortho intramolecular Hbond substituents is 1. The molecule has 0 fully saturated rings. The SMILES string of the molecule is NC(=O)CCNC(=O)Cc1cccc(O)c1. The molecule has 4 N–H and O–H groups in total. The third-order valence-corrected chi connectivity index (χ3v) is 1.97. The van der Waals surface area contributed by atoms with Crippen LogP contribution in [0.3, 0.4) is 0 Å². The minimum absolute atomic E-state index is 0.127. The van der Waals surface area contributed by atoms with E-state index in [1.165, 1.54) is 12.1 Å². The van der Waals surface area contributed by atoms with E-state index in [9.17, 15) is 14.7 Å².